The Bertz CT molecular complexity index is 652. The molecule has 0 aromatic heterocycles. The van der Waals surface area contributed by atoms with E-state index in [2.05, 4.69) is 25.4 Å². The molecule has 2 aliphatic rings. The molecule has 1 amide bonds. The summed E-state index contributed by atoms with van der Waals surface area (Å²) >= 11 is 0. The van der Waals surface area contributed by atoms with Crippen LogP contribution >= 0.6 is 24.0 Å². The van der Waals surface area contributed by atoms with Crippen molar-refractivity contribution < 1.29 is 13.9 Å². The molecule has 2 saturated heterocycles. The van der Waals surface area contributed by atoms with Crippen LogP contribution in [-0.4, -0.2) is 80.2 Å². The van der Waals surface area contributed by atoms with E-state index in [0.29, 0.717) is 11.7 Å². The van der Waals surface area contributed by atoms with Crippen LogP contribution in [0, 0.1) is 5.82 Å². The largest absolute Gasteiger partial charge is 0.379 e. The number of hydrogen-bond acceptors (Lipinski definition) is 4. The van der Waals surface area contributed by atoms with Gasteiger partial charge in [-0.25, -0.2) is 9.38 Å². The van der Waals surface area contributed by atoms with E-state index in [1.54, 1.807) is 0 Å². The van der Waals surface area contributed by atoms with Crippen molar-refractivity contribution in [1.82, 2.24) is 15.1 Å². The normalized spacial score (nSPS) is 20.6. The third kappa shape index (κ3) is 6.56. The van der Waals surface area contributed by atoms with Gasteiger partial charge in [0.15, 0.2) is 5.96 Å². The van der Waals surface area contributed by atoms with Crippen molar-refractivity contribution >= 4 is 41.5 Å². The third-order valence-corrected chi connectivity index (χ3v) is 4.86. The second-order valence-corrected chi connectivity index (χ2v) is 6.76. The van der Waals surface area contributed by atoms with Crippen LogP contribution in [0.4, 0.5) is 10.1 Å². The number of rotatable bonds is 5. The molecule has 1 aromatic carbocycles. The minimum absolute atomic E-state index is 0. The number of benzene rings is 1. The molecule has 7 nitrogen and oxygen atoms in total. The van der Waals surface area contributed by atoms with Gasteiger partial charge in [-0.05, 0) is 37.6 Å². The molecule has 2 heterocycles. The van der Waals surface area contributed by atoms with Crippen molar-refractivity contribution in [3.63, 3.8) is 0 Å². The van der Waals surface area contributed by atoms with E-state index in [-0.39, 0.29) is 42.2 Å². The van der Waals surface area contributed by atoms with Crippen molar-refractivity contribution in [3.05, 3.63) is 30.1 Å². The molecule has 2 fully saturated rings. The Morgan fingerprint density at radius 3 is 2.64 bits per heavy atom. The summed E-state index contributed by atoms with van der Waals surface area (Å²) in [7, 11) is 0. The standard InChI is InChI=1S/C19H28FN5O2.HI/c1-2-21-19(22-13-18(26)23-16-5-3-15(20)4-6-16)25-8-7-17(14-25)24-9-11-27-12-10-24;/h3-6,17H,2,7-14H2,1H3,(H,21,22)(H,23,26);1H. The second-order valence-electron chi connectivity index (χ2n) is 6.76. The van der Waals surface area contributed by atoms with Gasteiger partial charge in [-0.15, -0.1) is 24.0 Å². The highest BCUT2D eigenvalue weighted by Crippen LogP contribution is 2.17. The van der Waals surface area contributed by atoms with Gasteiger partial charge in [0, 0.05) is 44.5 Å². The van der Waals surface area contributed by atoms with Crippen molar-refractivity contribution in [1.29, 1.82) is 0 Å². The highest BCUT2D eigenvalue weighted by atomic mass is 127. The van der Waals surface area contributed by atoms with Gasteiger partial charge in [-0.2, -0.15) is 0 Å². The van der Waals surface area contributed by atoms with Gasteiger partial charge in [0.25, 0.3) is 0 Å². The molecule has 156 valence electrons. The average Bonchev–Trinajstić information content (AvgIpc) is 3.18. The van der Waals surface area contributed by atoms with Gasteiger partial charge in [0.1, 0.15) is 12.4 Å². The molecule has 28 heavy (non-hydrogen) atoms. The Labute approximate surface area is 182 Å². The first-order chi connectivity index (χ1) is 13.2. The lowest BCUT2D eigenvalue weighted by Crippen LogP contribution is -2.46. The predicted molar refractivity (Wildman–Crippen MR) is 119 cm³/mol. The number of likely N-dealkylation sites (tertiary alicyclic amines) is 1. The van der Waals surface area contributed by atoms with Gasteiger partial charge in [-0.1, -0.05) is 0 Å². The van der Waals surface area contributed by atoms with Gasteiger partial charge in [-0.3, -0.25) is 9.69 Å². The average molecular weight is 505 g/mol. The number of halogens is 2. The zero-order valence-electron chi connectivity index (χ0n) is 16.2. The maximum Gasteiger partial charge on any atom is 0.246 e. The highest BCUT2D eigenvalue weighted by molar-refractivity contribution is 14.0. The number of hydrogen-bond donors (Lipinski definition) is 2. The van der Waals surface area contributed by atoms with Crippen LogP contribution in [0.5, 0.6) is 0 Å². The van der Waals surface area contributed by atoms with Crippen LogP contribution in [0.2, 0.25) is 0 Å². The SMILES string of the molecule is CCNC(=NCC(=O)Nc1ccc(F)cc1)N1CCC(N2CCOCC2)C1.I. The predicted octanol–water partition coefficient (Wildman–Crippen LogP) is 1.75. The maximum absolute atomic E-state index is 12.9. The lowest BCUT2D eigenvalue weighted by molar-refractivity contribution is -0.114. The number of aliphatic imine (C=N–C) groups is 1. The van der Waals surface area contributed by atoms with E-state index in [1.807, 2.05) is 6.92 Å². The maximum atomic E-state index is 12.9. The summed E-state index contributed by atoms with van der Waals surface area (Å²) in [6.45, 7) is 8.18. The molecule has 0 radical (unpaired) electrons. The number of carbonyl (C=O) groups is 1. The number of nitrogens with one attached hydrogen (secondary N) is 2. The van der Waals surface area contributed by atoms with Crippen molar-refractivity contribution in [2.24, 2.45) is 4.99 Å². The number of ether oxygens (including phenoxy) is 1. The molecule has 3 rings (SSSR count). The summed E-state index contributed by atoms with van der Waals surface area (Å²) in [5, 5.41) is 6.01. The summed E-state index contributed by atoms with van der Waals surface area (Å²) in [6.07, 6.45) is 1.09. The summed E-state index contributed by atoms with van der Waals surface area (Å²) in [4.78, 5) is 21.3. The Morgan fingerprint density at radius 2 is 1.96 bits per heavy atom. The fourth-order valence-electron chi connectivity index (χ4n) is 3.48. The minimum atomic E-state index is -0.329. The van der Waals surface area contributed by atoms with Gasteiger partial charge in [0.2, 0.25) is 5.91 Å². The van der Waals surface area contributed by atoms with E-state index < -0.39 is 0 Å². The zero-order chi connectivity index (χ0) is 19.1. The van der Waals surface area contributed by atoms with Crippen LogP contribution in [0.3, 0.4) is 0 Å². The van der Waals surface area contributed by atoms with E-state index in [9.17, 15) is 9.18 Å². The number of carbonyl (C=O) groups excluding carboxylic acids is 1. The molecule has 0 aliphatic carbocycles. The quantitative estimate of drug-likeness (QED) is 0.363. The molecule has 0 bridgehead atoms. The molecular formula is C19H29FIN5O2. The van der Waals surface area contributed by atoms with E-state index in [0.717, 1.165) is 58.3 Å². The molecule has 9 heteroatoms. The monoisotopic (exact) mass is 505 g/mol. The smallest absolute Gasteiger partial charge is 0.246 e. The molecule has 2 aliphatic heterocycles. The van der Waals surface area contributed by atoms with Crippen LogP contribution in [0.15, 0.2) is 29.3 Å². The van der Waals surface area contributed by atoms with Crippen LogP contribution in [0.1, 0.15) is 13.3 Å². The number of anilines is 1. The summed E-state index contributed by atoms with van der Waals surface area (Å²) < 4.78 is 18.4. The molecule has 2 N–H and O–H groups in total. The zero-order valence-corrected chi connectivity index (χ0v) is 18.5. The molecule has 0 saturated carbocycles. The first-order valence-electron chi connectivity index (χ1n) is 9.56. The third-order valence-electron chi connectivity index (χ3n) is 4.86. The Kier molecular flexibility index (Phi) is 9.39. The number of morpholine rings is 1. The Hall–Kier alpha value is -1.46. The first kappa shape index (κ1) is 22.8. The summed E-state index contributed by atoms with van der Waals surface area (Å²) in [5.41, 5.74) is 0.565. The number of amides is 1. The lowest BCUT2D eigenvalue weighted by atomic mass is 10.2. The first-order valence-corrected chi connectivity index (χ1v) is 9.56. The van der Waals surface area contributed by atoms with Crippen LogP contribution in [0.25, 0.3) is 0 Å². The summed E-state index contributed by atoms with van der Waals surface area (Å²) in [5.74, 6) is 0.216. The van der Waals surface area contributed by atoms with Crippen molar-refractivity contribution in [2.45, 2.75) is 19.4 Å². The van der Waals surface area contributed by atoms with Gasteiger partial charge >= 0.3 is 0 Å². The lowest BCUT2D eigenvalue weighted by Gasteiger charge is -2.32. The molecule has 1 atom stereocenters. The Balaban J connectivity index is 0.00000280. The molecular weight excluding hydrogens is 476 g/mol. The van der Waals surface area contributed by atoms with E-state index >= 15 is 0 Å². The fourth-order valence-corrected chi connectivity index (χ4v) is 3.48. The minimum Gasteiger partial charge on any atom is -0.379 e. The van der Waals surface area contributed by atoms with Crippen LogP contribution in [-0.2, 0) is 9.53 Å². The van der Waals surface area contributed by atoms with Crippen LogP contribution < -0.4 is 10.6 Å². The second kappa shape index (κ2) is 11.5. The fraction of sp³-hybridized carbons (Fsp3) is 0.579. The van der Waals surface area contributed by atoms with Crippen molar-refractivity contribution in [3.8, 4) is 0 Å². The highest BCUT2D eigenvalue weighted by Gasteiger charge is 2.30. The van der Waals surface area contributed by atoms with Gasteiger partial charge < -0.3 is 20.3 Å². The number of nitrogens with zero attached hydrogens (tertiary/aromatic N) is 3. The topological polar surface area (TPSA) is 69.2 Å². The van der Waals surface area contributed by atoms with E-state index in [1.165, 1.54) is 24.3 Å². The molecule has 0 spiro atoms. The van der Waals surface area contributed by atoms with Crippen molar-refractivity contribution in [2.75, 3.05) is 57.8 Å². The molecule has 1 aromatic rings. The summed E-state index contributed by atoms with van der Waals surface area (Å²) in [6, 6.07) is 6.22. The van der Waals surface area contributed by atoms with E-state index in [4.69, 9.17) is 4.74 Å². The molecule has 1 unspecified atom stereocenters. The van der Waals surface area contributed by atoms with Gasteiger partial charge in [0.05, 0.1) is 13.2 Å². The number of guanidine groups is 1. The Morgan fingerprint density at radius 1 is 1.25 bits per heavy atom.